The highest BCUT2D eigenvalue weighted by atomic mass is 35.5. The zero-order valence-corrected chi connectivity index (χ0v) is 12.0. The number of halogens is 4. The SMILES string of the molecule is CCNC(c1cccc(C(F)(F)F)c1)c1ccc(Cl)cn1. The van der Waals surface area contributed by atoms with Crippen LogP contribution >= 0.6 is 11.6 Å². The van der Waals surface area contributed by atoms with Crippen molar-refractivity contribution >= 4 is 11.6 Å². The Labute approximate surface area is 126 Å². The van der Waals surface area contributed by atoms with E-state index in [1.807, 2.05) is 6.92 Å². The highest BCUT2D eigenvalue weighted by molar-refractivity contribution is 6.30. The number of aromatic nitrogens is 1. The quantitative estimate of drug-likeness (QED) is 0.901. The minimum Gasteiger partial charge on any atom is -0.305 e. The van der Waals surface area contributed by atoms with E-state index in [1.54, 1.807) is 18.2 Å². The lowest BCUT2D eigenvalue weighted by Crippen LogP contribution is -2.23. The van der Waals surface area contributed by atoms with Crippen LogP contribution in [0.4, 0.5) is 13.2 Å². The molecule has 0 aliphatic heterocycles. The van der Waals surface area contributed by atoms with Crippen LogP contribution in [0.15, 0.2) is 42.6 Å². The number of rotatable bonds is 4. The van der Waals surface area contributed by atoms with Gasteiger partial charge in [0, 0.05) is 6.20 Å². The molecule has 2 aromatic rings. The topological polar surface area (TPSA) is 24.9 Å². The molecule has 0 saturated carbocycles. The minimum atomic E-state index is -4.36. The summed E-state index contributed by atoms with van der Waals surface area (Å²) in [5, 5.41) is 3.62. The van der Waals surface area contributed by atoms with E-state index >= 15 is 0 Å². The lowest BCUT2D eigenvalue weighted by atomic mass is 10.0. The standard InChI is InChI=1S/C15H14ClF3N2/c1-2-20-14(13-7-6-12(16)9-21-13)10-4-3-5-11(8-10)15(17,18)19/h3-9,14,20H,2H2,1H3. The van der Waals surface area contributed by atoms with E-state index < -0.39 is 17.8 Å². The smallest absolute Gasteiger partial charge is 0.305 e. The molecule has 0 aliphatic rings. The third-order valence-electron chi connectivity index (χ3n) is 3.00. The Morgan fingerprint density at radius 1 is 1.24 bits per heavy atom. The fourth-order valence-corrected chi connectivity index (χ4v) is 2.16. The van der Waals surface area contributed by atoms with Gasteiger partial charge in [0.2, 0.25) is 0 Å². The minimum absolute atomic E-state index is 0.408. The Hall–Kier alpha value is -1.59. The zero-order chi connectivity index (χ0) is 15.5. The highest BCUT2D eigenvalue weighted by Crippen LogP contribution is 2.31. The van der Waals surface area contributed by atoms with E-state index in [1.165, 1.54) is 12.3 Å². The van der Waals surface area contributed by atoms with Crippen LogP contribution in [-0.2, 0) is 6.18 Å². The summed E-state index contributed by atoms with van der Waals surface area (Å²) in [6.07, 6.45) is -2.88. The number of benzene rings is 1. The molecule has 6 heteroatoms. The molecule has 0 aliphatic carbocycles. The van der Waals surface area contributed by atoms with Crippen LogP contribution in [0.2, 0.25) is 5.02 Å². The Bertz CT molecular complexity index is 597. The molecule has 2 rings (SSSR count). The van der Waals surface area contributed by atoms with Gasteiger partial charge in [-0.15, -0.1) is 0 Å². The third-order valence-corrected chi connectivity index (χ3v) is 3.23. The zero-order valence-electron chi connectivity index (χ0n) is 11.3. The largest absolute Gasteiger partial charge is 0.416 e. The summed E-state index contributed by atoms with van der Waals surface area (Å²) in [5.74, 6) is 0. The number of nitrogens with zero attached hydrogens (tertiary/aromatic N) is 1. The Morgan fingerprint density at radius 2 is 2.00 bits per heavy atom. The Balaban J connectivity index is 2.41. The van der Waals surface area contributed by atoms with E-state index in [4.69, 9.17) is 11.6 Å². The second-order valence-corrected chi connectivity index (χ2v) is 4.95. The van der Waals surface area contributed by atoms with Gasteiger partial charge < -0.3 is 5.32 Å². The first-order valence-corrected chi connectivity index (χ1v) is 6.81. The molecule has 1 unspecified atom stereocenters. The van der Waals surface area contributed by atoms with Crippen LogP contribution in [0.3, 0.4) is 0 Å². The molecule has 1 atom stereocenters. The van der Waals surface area contributed by atoms with Gasteiger partial charge in [0.15, 0.2) is 0 Å². The van der Waals surface area contributed by atoms with Crippen LogP contribution in [0, 0.1) is 0 Å². The molecule has 1 aromatic carbocycles. The van der Waals surface area contributed by atoms with E-state index in [0.29, 0.717) is 22.8 Å². The van der Waals surface area contributed by atoms with Gasteiger partial charge in [-0.25, -0.2) is 0 Å². The van der Waals surface area contributed by atoms with E-state index in [9.17, 15) is 13.2 Å². The summed E-state index contributed by atoms with van der Waals surface area (Å²) in [6.45, 7) is 2.49. The summed E-state index contributed by atoms with van der Waals surface area (Å²) >= 11 is 5.79. The van der Waals surface area contributed by atoms with E-state index in [-0.39, 0.29) is 0 Å². The van der Waals surface area contributed by atoms with Crippen molar-refractivity contribution in [2.75, 3.05) is 6.54 Å². The molecule has 112 valence electrons. The average molecular weight is 315 g/mol. The average Bonchev–Trinajstić information content (AvgIpc) is 2.45. The first-order valence-electron chi connectivity index (χ1n) is 6.44. The second-order valence-electron chi connectivity index (χ2n) is 4.52. The molecular formula is C15H14ClF3N2. The fourth-order valence-electron chi connectivity index (χ4n) is 2.05. The van der Waals surface area contributed by atoms with Crippen LogP contribution in [0.1, 0.15) is 29.8 Å². The summed E-state index contributed by atoms with van der Waals surface area (Å²) in [5.41, 5.74) is 0.471. The summed E-state index contributed by atoms with van der Waals surface area (Å²) in [4.78, 5) is 4.19. The fraction of sp³-hybridized carbons (Fsp3) is 0.267. The Kier molecular flexibility index (Phi) is 4.85. The molecular weight excluding hydrogens is 301 g/mol. The number of alkyl halides is 3. The van der Waals surface area contributed by atoms with Crippen LogP contribution in [-0.4, -0.2) is 11.5 Å². The van der Waals surface area contributed by atoms with Crippen molar-refractivity contribution in [2.45, 2.75) is 19.1 Å². The molecule has 0 bridgehead atoms. The van der Waals surface area contributed by atoms with Crippen molar-refractivity contribution in [2.24, 2.45) is 0 Å². The summed E-state index contributed by atoms with van der Waals surface area (Å²) in [7, 11) is 0. The van der Waals surface area contributed by atoms with Gasteiger partial charge in [-0.05, 0) is 36.4 Å². The normalized spacial score (nSPS) is 13.2. The van der Waals surface area contributed by atoms with Crippen molar-refractivity contribution in [3.63, 3.8) is 0 Å². The maximum atomic E-state index is 12.8. The molecule has 0 saturated heterocycles. The first kappa shape index (κ1) is 15.8. The lowest BCUT2D eigenvalue weighted by molar-refractivity contribution is -0.137. The predicted octanol–water partition coefficient (Wildman–Crippen LogP) is 4.45. The maximum Gasteiger partial charge on any atom is 0.416 e. The van der Waals surface area contributed by atoms with Gasteiger partial charge in [0.25, 0.3) is 0 Å². The van der Waals surface area contributed by atoms with Crippen molar-refractivity contribution in [3.05, 3.63) is 64.4 Å². The van der Waals surface area contributed by atoms with Crippen molar-refractivity contribution in [1.82, 2.24) is 10.3 Å². The van der Waals surface area contributed by atoms with E-state index in [2.05, 4.69) is 10.3 Å². The monoisotopic (exact) mass is 314 g/mol. The molecule has 0 amide bonds. The van der Waals surface area contributed by atoms with Crippen molar-refractivity contribution < 1.29 is 13.2 Å². The van der Waals surface area contributed by atoms with E-state index in [0.717, 1.165) is 12.1 Å². The van der Waals surface area contributed by atoms with Gasteiger partial charge in [-0.3, -0.25) is 4.98 Å². The highest BCUT2D eigenvalue weighted by Gasteiger charge is 2.31. The predicted molar refractivity (Wildman–Crippen MR) is 76.2 cm³/mol. The second kappa shape index (κ2) is 6.45. The van der Waals surface area contributed by atoms with Gasteiger partial charge >= 0.3 is 6.18 Å². The number of hydrogen-bond donors (Lipinski definition) is 1. The third kappa shape index (κ3) is 3.95. The molecule has 0 radical (unpaired) electrons. The molecule has 1 heterocycles. The van der Waals surface area contributed by atoms with Gasteiger partial charge in [0.05, 0.1) is 22.3 Å². The molecule has 21 heavy (non-hydrogen) atoms. The lowest BCUT2D eigenvalue weighted by Gasteiger charge is -2.19. The van der Waals surface area contributed by atoms with Gasteiger partial charge in [0.1, 0.15) is 0 Å². The number of nitrogens with one attached hydrogen (secondary N) is 1. The van der Waals surface area contributed by atoms with Gasteiger partial charge in [-0.1, -0.05) is 30.7 Å². The van der Waals surface area contributed by atoms with Gasteiger partial charge in [-0.2, -0.15) is 13.2 Å². The summed E-state index contributed by atoms with van der Waals surface area (Å²) < 4.78 is 38.5. The van der Waals surface area contributed by atoms with Crippen LogP contribution < -0.4 is 5.32 Å². The first-order chi connectivity index (χ1) is 9.91. The van der Waals surface area contributed by atoms with Crippen LogP contribution in [0.25, 0.3) is 0 Å². The van der Waals surface area contributed by atoms with Crippen molar-refractivity contribution in [3.8, 4) is 0 Å². The summed E-state index contributed by atoms with van der Waals surface area (Å²) in [6, 6.07) is 8.22. The molecule has 1 N–H and O–H groups in total. The van der Waals surface area contributed by atoms with Crippen LogP contribution in [0.5, 0.6) is 0 Å². The maximum absolute atomic E-state index is 12.8. The molecule has 0 fully saturated rings. The molecule has 2 nitrogen and oxygen atoms in total. The molecule has 1 aromatic heterocycles. The van der Waals surface area contributed by atoms with Crippen molar-refractivity contribution in [1.29, 1.82) is 0 Å². The number of pyridine rings is 1. The number of hydrogen-bond acceptors (Lipinski definition) is 2. The molecule has 0 spiro atoms. The Morgan fingerprint density at radius 3 is 2.57 bits per heavy atom.